The zero-order valence-corrected chi connectivity index (χ0v) is 15.0. The van der Waals surface area contributed by atoms with Gasteiger partial charge in [0.1, 0.15) is 0 Å². The molecule has 1 aromatic rings. The summed E-state index contributed by atoms with van der Waals surface area (Å²) in [5.74, 6) is 0.130. The van der Waals surface area contributed by atoms with Gasteiger partial charge >= 0.3 is 0 Å². The number of hydrogen-bond acceptors (Lipinski definition) is 3. The Bertz CT molecular complexity index is 548. The first-order valence-corrected chi connectivity index (χ1v) is 8.88. The Morgan fingerprint density at radius 3 is 2.25 bits per heavy atom. The molecule has 2 rings (SSSR count). The van der Waals surface area contributed by atoms with E-state index >= 15 is 0 Å². The number of likely N-dealkylation sites (N-methyl/N-ethyl adjacent to an activating group) is 1. The molecule has 1 aliphatic rings. The van der Waals surface area contributed by atoms with E-state index in [0.717, 1.165) is 25.1 Å². The standard InChI is InChI=1S/C19H29N3O2/c1-4-22(17-8-6-5-7-9-17)18(23)14-20-16-12-10-15(11-13-16)19(24)21(2)3/h10-13,17,20H,4-9,14H2,1-3H3. The number of anilines is 1. The molecule has 0 aromatic heterocycles. The number of benzene rings is 1. The second kappa shape index (κ2) is 8.71. The van der Waals surface area contributed by atoms with Crippen LogP contribution in [0.1, 0.15) is 49.4 Å². The lowest BCUT2D eigenvalue weighted by Crippen LogP contribution is -2.43. The van der Waals surface area contributed by atoms with Gasteiger partial charge in [-0.25, -0.2) is 0 Å². The van der Waals surface area contributed by atoms with Crippen LogP contribution in [0.5, 0.6) is 0 Å². The van der Waals surface area contributed by atoms with E-state index in [-0.39, 0.29) is 11.8 Å². The van der Waals surface area contributed by atoms with Crippen LogP contribution >= 0.6 is 0 Å². The highest BCUT2D eigenvalue weighted by Gasteiger charge is 2.23. The van der Waals surface area contributed by atoms with Crippen molar-refractivity contribution in [1.82, 2.24) is 9.80 Å². The molecule has 5 heteroatoms. The van der Waals surface area contributed by atoms with Crippen LogP contribution in [0.3, 0.4) is 0 Å². The van der Waals surface area contributed by atoms with Gasteiger partial charge in [0, 0.05) is 37.9 Å². The molecule has 24 heavy (non-hydrogen) atoms. The molecule has 0 saturated heterocycles. The average Bonchev–Trinajstić information content (AvgIpc) is 2.61. The predicted octanol–water partition coefficient (Wildman–Crippen LogP) is 2.98. The predicted molar refractivity (Wildman–Crippen MR) is 97.2 cm³/mol. The number of amides is 2. The Morgan fingerprint density at radius 2 is 1.71 bits per heavy atom. The van der Waals surface area contributed by atoms with Crippen LogP contribution in [0.15, 0.2) is 24.3 Å². The second-order valence-corrected chi connectivity index (χ2v) is 6.60. The van der Waals surface area contributed by atoms with E-state index in [1.807, 2.05) is 24.0 Å². The average molecular weight is 331 g/mol. The molecular formula is C19H29N3O2. The maximum Gasteiger partial charge on any atom is 0.253 e. The van der Waals surface area contributed by atoms with Gasteiger partial charge < -0.3 is 15.1 Å². The Balaban J connectivity index is 1.89. The molecule has 0 spiro atoms. The quantitative estimate of drug-likeness (QED) is 0.872. The van der Waals surface area contributed by atoms with Gasteiger partial charge in [0.25, 0.3) is 5.91 Å². The van der Waals surface area contributed by atoms with Crippen LogP contribution in [0.4, 0.5) is 5.69 Å². The molecule has 0 radical (unpaired) electrons. The van der Waals surface area contributed by atoms with Gasteiger partial charge in [0.2, 0.25) is 5.91 Å². The summed E-state index contributed by atoms with van der Waals surface area (Å²) in [6, 6.07) is 7.67. The lowest BCUT2D eigenvalue weighted by Gasteiger charge is -2.33. The van der Waals surface area contributed by atoms with E-state index < -0.39 is 0 Å². The van der Waals surface area contributed by atoms with Crippen molar-refractivity contribution in [1.29, 1.82) is 0 Å². The molecule has 1 aliphatic carbocycles. The molecule has 0 bridgehead atoms. The summed E-state index contributed by atoms with van der Waals surface area (Å²) >= 11 is 0. The highest BCUT2D eigenvalue weighted by Crippen LogP contribution is 2.22. The van der Waals surface area contributed by atoms with Crippen molar-refractivity contribution >= 4 is 17.5 Å². The van der Waals surface area contributed by atoms with Crippen molar-refractivity contribution in [2.24, 2.45) is 0 Å². The highest BCUT2D eigenvalue weighted by molar-refractivity contribution is 5.94. The molecule has 5 nitrogen and oxygen atoms in total. The van der Waals surface area contributed by atoms with Crippen LogP contribution < -0.4 is 5.32 Å². The van der Waals surface area contributed by atoms with Crippen LogP contribution in [0.2, 0.25) is 0 Å². The first-order chi connectivity index (χ1) is 11.5. The van der Waals surface area contributed by atoms with Gasteiger partial charge in [-0.05, 0) is 44.0 Å². The lowest BCUT2D eigenvalue weighted by atomic mass is 9.94. The van der Waals surface area contributed by atoms with Gasteiger partial charge in [-0.15, -0.1) is 0 Å². The SMILES string of the molecule is CCN(C(=O)CNc1ccc(C(=O)N(C)C)cc1)C1CCCCC1. The highest BCUT2D eigenvalue weighted by atomic mass is 16.2. The Labute approximate surface area is 145 Å². The Kier molecular flexibility index (Phi) is 6.64. The lowest BCUT2D eigenvalue weighted by molar-refractivity contribution is -0.132. The normalized spacial score (nSPS) is 15.0. The van der Waals surface area contributed by atoms with Crippen molar-refractivity contribution in [3.8, 4) is 0 Å². The summed E-state index contributed by atoms with van der Waals surface area (Å²) < 4.78 is 0. The molecule has 0 aliphatic heterocycles. The van der Waals surface area contributed by atoms with Gasteiger partial charge in [0.05, 0.1) is 6.54 Å². The molecule has 0 atom stereocenters. The summed E-state index contributed by atoms with van der Waals surface area (Å²) in [7, 11) is 3.47. The minimum atomic E-state index is -0.0212. The fourth-order valence-corrected chi connectivity index (χ4v) is 3.30. The Hall–Kier alpha value is -2.04. The van der Waals surface area contributed by atoms with Crippen LogP contribution in [-0.2, 0) is 4.79 Å². The number of carbonyl (C=O) groups is 2. The fourth-order valence-electron chi connectivity index (χ4n) is 3.30. The zero-order valence-electron chi connectivity index (χ0n) is 15.0. The Morgan fingerprint density at radius 1 is 1.08 bits per heavy atom. The molecule has 1 aromatic carbocycles. The topological polar surface area (TPSA) is 52.7 Å². The molecule has 2 amide bonds. The molecule has 132 valence electrons. The van der Waals surface area contributed by atoms with Crippen molar-refractivity contribution in [3.63, 3.8) is 0 Å². The van der Waals surface area contributed by atoms with Crippen LogP contribution in [-0.4, -0.2) is 54.8 Å². The first-order valence-electron chi connectivity index (χ1n) is 8.88. The molecule has 1 saturated carbocycles. The van der Waals surface area contributed by atoms with Gasteiger partial charge in [-0.2, -0.15) is 0 Å². The third-order valence-corrected chi connectivity index (χ3v) is 4.66. The summed E-state index contributed by atoms with van der Waals surface area (Å²) in [5, 5.41) is 3.18. The maximum absolute atomic E-state index is 12.5. The molecule has 0 unspecified atom stereocenters. The maximum atomic E-state index is 12.5. The third kappa shape index (κ3) is 4.73. The summed E-state index contributed by atoms with van der Waals surface area (Å²) in [4.78, 5) is 27.9. The molecular weight excluding hydrogens is 302 g/mol. The summed E-state index contributed by atoms with van der Waals surface area (Å²) in [6.07, 6.45) is 5.99. The van der Waals surface area contributed by atoms with Crippen molar-refractivity contribution in [2.75, 3.05) is 32.5 Å². The number of carbonyl (C=O) groups excluding carboxylic acids is 2. The fraction of sp³-hybridized carbons (Fsp3) is 0.579. The minimum absolute atomic E-state index is 0.0212. The summed E-state index contributed by atoms with van der Waals surface area (Å²) in [6.45, 7) is 3.11. The minimum Gasteiger partial charge on any atom is -0.376 e. The largest absolute Gasteiger partial charge is 0.376 e. The van der Waals surface area contributed by atoms with E-state index in [0.29, 0.717) is 18.2 Å². The second-order valence-electron chi connectivity index (χ2n) is 6.60. The summed E-state index contributed by atoms with van der Waals surface area (Å²) in [5.41, 5.74) is 1.51. The molecule has 1 fully saturated rings. The van der Waals surface area contributed by atoms with Gasteiger partial charge in [0.15, 0.2) is 0 Å². The number of hydrogen-bond donors (Lipinski definition) is 1. The third-order valence-electron chi connectivity index (χ3n) is 4.66. The number of rotatable bonds is 6. The van der Waals surface area contributed by atoms with Crippen molar-refractivity contribution < 1.29 is 9.59 Å². The van der Waals surface area contributed by atoms with Gasteiger partial charge in [-0.3, -0.25) is 9.59 Å². The van der Waals surface area contributed by atoms with Crippen molar-refractivity contribution in [2.45, 2.75) is 45.1 Å². The molecule has 0 heterocycles. The van der Waals surface area contributed by atoms with Crippen LogP contribution in [0, 0.1) is 0 Å². The van der Waals surface area contributed by atoms with Crippen molar-refractivity contribution in [3.05, 3.63) is 29.8 Å². The number of nitrogens with zero attached hydrogens (tertiary/aromatic N) is 2. The van der Waals surface area contributed by atoms with E-state index in [9.17, 15) is 9.59 Å². The van der Waals surface area contributed by atoms with E-state index in [1.165, 1.54) is 19.3 Å². The first kappa shape index (κ1) is 18.3. The van der Waals surface area contributed by atoms with E-state index in [4.69, 9.17) is 0 Å². The van der Waals surface area contributed by atoms with E-state index in [2.05, 4.69) is 5.32 Å². The smallest absolute Gasteiger partial charge is 0.253 e. The monoisotopic (exact) mass is 331 g/mol. The molecule has 1 N–H and O–H groups in total. The van der Waals surface area contributed by atoms with Crippen LogP contribution in [0.25, 0.3) is 0 Å². The number of nitrogens with one attached hydrogen (secondary N) is 1. The van der Waals surface area contributed by atoms with Gasteiger partial charge in [-0.1, -0.05) is 19.3 Å². The zero-order chi connectivity index (χ0) is 17.5. The van der Waals surface area contributed by atoms with E-state index in [1.54, 1.807) is 31.1 Å².